The number of aromatic nitrogens is 2. The summed E-state index contributed by atoms with van der Waals surface area (Å²) in [6, 6.07) is 5.73. The highest BCUT2D eigenvalue weighted by atomic mass is 32.1. The molecule has 56 valence electrons. The van der Waals surface area contributed by atoms with Gasteiger partial charge in [0, 0.05) is 10.3 Å². The number of thiol groups is 1. The summed E-state index contributed by atoms with van der Waals surface area (Å²) in [6.07, 6.45) is 1.77. The molecule has 0 atom stereocenters. The van der Waals surface area contributed by atoms with Crippen molar-refractivity contribution in [3.05, 3.63) is 24.4 Å². The fourth-order valence-electron chi connectivity index (χ4n) is 1.02. The van der Waals surface area contributed by atoms with Crippen LogP contribution in [0.5, 0.6) is 0 Å². The second kappa shape index (κ2) is 2.17. The first-order chi connectivity index (χ1) is 5.25. The molecule has 2 N–H and O–H groups in total. The van der Waals surface area contributed by atoms with E-state index in [0.717, 1.165) is 15.8 Å². The predicted octanol–water partition coefficient (Wildman–Crippen LogP) is 1.04. The molecule has 1 aromatic heterocycles. The average molecular weight is 165 g/mol. The lowest BCUT2D eigenvalue weighted by molar-refractivity contribution is 0.846. The molecule has 0 aliphatic heterocycles. The fraction of sp³-hybridized carbons (Fsp3) is 0. The average Bonchev–Trinajstić information content (AvgIpc) is 2.27. The van der Waals surface area contributed by atoms with Gasteiger partial charge in [-0.15, -0.1) is 12.6 Å². The van der Waals surface area contributed by atoms with Crippen molar-refractivity contribution in [2.24, 2.45) is 0 Å². The van der Waals surface area contributed by atoms with Crippen LogP contribution in [0.3, 0.4) is 0 Å². The Morgan fingerprint density at radius 1 is 1.45 bits per heavy atom. The molecule has 3 nitrogen and oxygen atoms in total. The van der Waals surface area contributed by atoms with Crippen molar-refractivity contribution in [3.63, 3.8) is 0 Å². The summed E-state index contributed by atoms with van der Waals surface area (Å²) in [6.45, 7) is 0. The van der Waals surface area contributed by atoms with Crippen LogP contribution in [0, 0.1) is 0 Å². The molecule has 0 aliphatic carbocycles. The number of nitrogens with two attached hydrogens (primary N) is 1. The van der Waals surface area contributed by atoms with E-state index < -0.39 is 0 Å². The lowest BCUT2D eigenvalue weighted by Crippen LogP contribution is -2.07. The van der Waals surface area contributed by atoms with E-state index in [0.29, 0.717) is 0 Å². The third-order valence-electron chi connectivity index (χ3n) is 1.51. The summed E-state index contributed by atoms with van der Waals surface area (Å²) in [4.78, 5) is 2.20. The molecule has 0 amide bonds. The first-order valence-corrected chi connectivity index (χ1v) is 3.64. The third-order valence-corrected chi connectivity index (χ3v) is 1.79. The summed E-state index contributed by atoms with van der Waals surface area (Å²) in [7, 11) is 0. The quantitative estimate of drug-likeness (QED) is 0.452. The van der Waals surface area contributed by atoms with Gasteiger partial charge in [0.2, 0.25) is 0 Å². The highest BCUT2D eigenvalue weighted by Gasteiger charge is 1.96. The summed E-state index contributed by atoms with van der Waals surface area (Å²) in [5.41, 5.74) is 0.875. The Balaban J connectivity index is 2.82. The van der Waals surface area contributed by atoms with E-state index in [2.05, 4.69) is 17.7 Å². The van der Waals surface area contributed by atoms with E-state index in [1.807, 2.05) is 18.2 Å². The first kappa shape index (κ1) is 6.54. The maximum Gasteiger partial charge on any atom is 0.0955 e. The van der Waals surface area contributed by atoms with Crippen LogP contribution in [-0.2, 0) is 0 Å². The SMILES string of the molecule is Nn1cc2ccc(S)cc2n1. The number of hydrogen-bond acceptors (Lipinski definition) is 3. The maximum absolute atomic E-state index is 5.42. The van der Waals surface area contributed by atoms with Gasteiger partial charge in [-0.3, -0.25) is 0 Å². The molecule has 1 aromatic carbocycles. The number of nitrogens with zero attached hydrogens (tertiary/aromatic N) is 2. The van der Waals surface area contributed by atoms with Crippen LogP contribution in [0.15, 0.2) is 29.3 Å². The van der Waals surface area contributed by atoms with Crippen molar-refractivity contribution in [3.8, 4) is 0 Å². The molecule has 2 rings (SSSR count). The van der Waals surface area contributed by atoms with E-state index in [-0.39, 0.29) is 0 Å². The minimum absolute atomic E-state index is 0.875. The van der Waals surface area contributed by atoms with Gasteiger partial charge in [-0.05, 0) is 12.1 Å². The Morgan fingerprint density at radius 3 is 3.09 bits per heavy atom. The van der Waals surface area contributed by atoms with E-state index in [1.165, 1.54) is 4.79 Å². The Kier molecular flexibility index (Phi) is 1.29. The zero-order chi connectivity index (χ0) is 7.84. The molecule has 0 spiro atoms. The Bertz CT molecular complexity index is 393. The minimum Gasteiger partial charge on any atom is -0.323 e. The zero-order valence-corrected chi connectivity index (χ0v) is 6.62. The molecule has 1 heterocycles. The molecule has 4 heteroatoms. The molecule has 11 heavy (non-hydrogen) atoms. The van der Waals surface area contributed by atoms with E-state index in [1.54, 1.807) is 6.20 Å². The van der Waals surface area contributed by atoms with Gasteiger partial charge in [-0.1, -0.05) is 6.07 Å². The van der Waals surface area contributed by atoms with Crippen molar-refractivity contribution in [2.45, 2.75) is 4.90 Å². The summed E-state index contributed by atoms with van der Waals surface area (Å²) < 4.78 is 0. The highest BCUT2D eigenvalue weighted by Crippen LogP contribution is 2.15. The lowest BCUT2D eigenvalue weighted by Gasteiger charge is -1.87. The van der Waals surface area contributed by atoms with Gasteiger partial charge in [0.1, 0.15) is 0 Å². The zero-order valence-electron chi connectivity index (χ0n) is 5.73. The van der Waals surface area contributed by atoms with Gasteiger partial charge in [-0.2, -0.15) is 9.89 Å². The molecule has 0 unspecified atom stereocenters. The first-order valence-electron chi connectivity index (χ1n) is 3.19. The molecular weight excluding hydrogens is 158 g/mol. The largest absolute Gasteiger partial charge is 0.323 e. The van der Waals surface area contributed by atoms with Gasteiger partial charge < -0.3 is 5.84 Å². The van der Waals surface area contributed by atoms with Crippen LogP contribution < -0.4 is 5.84 Å². The smallest absolute Gasteiger partial charge is 0.0955 e. The van der Waals surface area contributed by atoms with Gasteiger partial charge in [0.05, 0.1) is 11.7 Å². The normalized spacial score (nSPS) is 10.6. The highest BCUT2D eigenvalue weighted by molar-refractivity contribution is 7.80. The molecule has 0 saturated carbocycles. The summed E-state index contributed by atoms with van der Waals surface area (Å²) >= 11 is 4.18. The van der Waals surface area contributed by atoms with E-state index >= 15 is 0 Å². The topological polar surface area (TPSA) is 43.8 Å². The number of rotatable bonds is 0. The second-order valence-corrected chi connectivity index (χ2v) is 2.87. The molecule has 0 radical (unpaired) electrons. The molecule has 0 fully saturated rings. The Morgan fingerprint density at radius 2 is 2.27 bits per heavy atom. The minimum atomic E-state index is 0.875. The van der Waals surface area contributed by atoms with Crippen molar-refractivity contribution in [1.82, 2.24) is 9.89 Å². The molecule has 0 saturated heterocycles. The number of fused-ring (bicyclic) bond motifs is 1. The van der Waals surface area contributed by atoms with Crippen LogP contribution >= 0.6 is 12.6 Å². The molecule has 0 bridgehead atoms. The number of hydrogen-bond donors (Lipinski definition) is 2. The molecule has 2 aromatic rings. The lowest BCUT2D eigenvalue weighted by atomic mass is 10.3. The van der Waals surface area contributed by atoms with Crippen molar-refractivity contribution in [2.75, 3.05) is 5.84 Å². The van der Waals surface area contributed by atoms with Crippen LogP contribution in [0.4, 0.5) is 0 Å². The van der Waals surface area contributed by atoms with Gasteiger partial charge in [-0.25, -0.2) is 0 Å². The predicted molar refractivity (Wildman–Crippen MR) is 47.1 cm³/mol. The van der Waals surface area contributed by atoms with E-state index in [9.17, 15) is 0 Å². The standard InChI is InChI=1S/C7H7N3S/c8-10-4-5-1-2-6(11)3-7(5)9-10/h1-4,11H,8H2. The Hall–Kier alpha value is -1.16. The third kappa shape index (κ3) is 1.05. The van der Waals surface area contributed by atoms with Crippen LogP contribution in [0.1, 0.15) is 0 Å². The summed E-state index contributed by atoms with van der Waals surface area (Å²) in [5, 5.41) is 5.05. The Labute approximate surface area is 69.2 Å². The number of nitrogen functional groups attached to an aromatic ring is 1. The summed E-state index contributed by atoms with van der Waals surface area (Å²) in [5.74, 6) is 5.42. The van der Waals surface area contributed by atoms with Gasteiger partial charge >= 0.3 is 0 Å². The maximum atomic E-state index is 5.42. The van der Waals surface area contributed by atoms with E-state index in [4.69, 9.17) is 5.84 Å². The molecule has 0 aliphatic rings. The monoisotopic (exact) mass is 165 g/mol. The van der Waals surface area contributed by atoms with Gasteiger partial charge in [0.25, 0.3) is 0 Å². The second-order valence-electron chi connectivity index (χ2n) is 2.35. The van der Waals surface area contributed by atoms with Crippen molar-refractivity contribution < 1.29 is 0 Å². The van der Waals surface area contributed by atoms with Crippen molar-refractivity contribution >= 4 is 23.5 Å². The van der Waals surface area contributed by atoms with Crippen molar-refractivity contribution in [1.29, 1.82) is 0 Å². The van der Waals surface area contributed by atoms with Crippen LogP contribution in [0.2, 0.25) is 0 Å². The van der Waals surface area contributed by atoms with Crippen LogP contribution in [-0.4, -0.2) is 9.89 Å². The number of benzene rings is 1. The van der Waals surface area contributed by atoms with Gasteiger partial charge in [0.15, 0.2) is 0 Å². The molecular formula is C7H7N3S. The van der Waals surface area contributed by atoms with Crippen LogP contribution in [0.25, 0.3) is 10.9 Å². The fourth-order valence-corrected chi connectivity index (χ4v) is 1.22.